The molecule has 1 aromatic heterocycles. The molecule has 0 aromatic carbocycles. The van der Waals surface area contributed by atoms with E-state index in [-0.39, 0.29) is 17.2 Å². The average molecular weight is 163 g/mol. The molecule has 0 radical (unpaired) electrons. The van der Waals surface area contributed by atoms with Crippen LogP contribution in [-0.2, 0) is 0 Å². The summed E-state index contributed by atoms with van der Waals surface area (Å²) in [6, 6.07) is 1.71. The molecular weight excluding hydrogens is 158 g/mol. The van der Waals surface area contributed by atoms with Gasteiger partial charge in [-0.05, 0) is 0 Å². The second-order valence-corrected chi connectivity index (χ2v) is 1.97. The highest BCUT2D eigenvalue weighted by Gasteiger charge is 2.09. The van der Waals surface area contributed by atoms with E-state index in [0.29, 0.717) is 0 Å². The summed E-state index contributed by atoms with van der Waals surface area (Å²) in [7, 11) is 0. The summed E-state index contributed by atoms with van der Waals surface area (Å²) in [4.78, 5) is 17.8. The molecule has 0 unspecified atom stereocenters. The van der Waals surface area contributed by atoms with Crippen LogP contribution in [0.25, 0.3) is 0 Å². The average Bonchev–Trinajstić information content (AvgIpc) is 2.05. The predicted molar refractivity (Wildman–Crippen MR) is 39.7 cm³/mol. The van der Waals surface area contributed by atoms with Crippen LogP contribution in [0, 0.1) is 11.3 Å². The van der Waals surface area contributed by atoms with E-state index in [2.05, 4.69) is 9.97 Å². The van der Waals surface area contributed by atoms with Crippen LogP contribution in [-0.4, -0.2) is 15.9 Å². The van der Waals surface area contributed by atoms with E-state index in [1.807, 2.05) is 0 Å². The number of hydrogen-bond acceptors (Lipinski definition) is 5. The Morgan fingerprint density at radius 3 is 2.83 bits per heavy atom. The van der Waals surface area contributed by atoms with Gasteiger partial charge in [-0.1, -0.05) is 0 Å². The van der Waals surface area contributed by atoms with Crippen molar-refractivity contribution >= 4 is 11.7 Å². The Hall–Kier alpha value is -2.16. The fourth-order valence-electron chi connectivity index (χ4n) is 0.634. The molecule has 0 aliphatic carbocycles. The van der Waals surface area contributed by atoms with E-state index >= 15 is 0 Å². The summed E-state index contributed by atoms with van der Waals surface area (Å²) in [6.07, 6.45) is 1.17. The molecule has 1 heterocycles. The molecule has 0 aliphatic heterocycles. The lowest BCUT2D eigenvalue weighted by atomic mass is 10.3. The Morgan fingerprint density at radius 2 is 2.33 bits per heavy atom. The molecule has 0 spiro atoms. The van der Waals surface area contributed by atoms with Crippen LogP contribution >= 0.6 is 0 Å². The van der Waals surface area contributed by atoms with Crippen LogP contribution in [0.3, 0.4) is 0 Å². The maximum atomic E-state index is 10.6. The van der Waals surface area contributed by atoms with Gasteiger partial charge in [-0.15, -0.1) is 0 Å². The van der Waals surface area contributed by atoms with E-state index in [0.717, 1.165) is 0 Å². The Labute approximate surface area is 67.8 Å². The molecule has 0 atom stereocenters. The van der Waals surface area contributed by atoms with Gasteiger partial charge in [0.15, 0.2) is 17.2 Å². The van der Waals surface area contributed by atoms with Crippen molar-refractivity contribution in [3.63, 3.8) is 0 Å². The number of aromatic nitrogens is 2. The van der Waals surface area contributed by atoms with Crippen molar-refractivity contribution in [1.29, 1.82) is 5.26 Å². The molecule has 6 heteroatoms. The molecule has 60 valence electrons. The first-order chi connectivity index (χ1) is 5.65. The number of nitriles is 1. The van der Waals surface area contributed by atoms with E-state index in [1.165, 1.54) is 6.20 Å². The minimum Gasteiger partial charge on any atom is -0.382 e. The van der Waals surface area contributed by atoms with Gasteiger partial charge in [0.05, 0.1) is 6.20 Å². The van der Waals surface area contributed by atoms with Crippen molar-refractivity contribution in [2.24, 2.45) is 5.73 Å². The van der Waals surface area contributed by atoms with E-state index < -0.39 is 5.91 Å². The number of amides is 1. The maximum Gasteiger partial charge on any atom is 0.271 e. The van der Waals surface area contributed by atoms with Crippen molar-refractivity contribution in [3.8, 4) is 6.07 Å². The van der Waals surface area contributed by atoms with Gasteiger partial charge in [0.25, 0.3) is 5.91 Å². The summed E-state index contributed by atoms with van der Waals surface area (Å²) in [5, 5.41) is 8.39. The van der Waals surface area contributed by atoms with Crippen LogP contribution in [0.1, 0.15) is 16.2 Å². The fourth-order valence-corrected chi connectivity index (χ4v) is 0.634. The number of carbonyl (C=O) groups excluding carboxylic acids is 1. The van der Waals surface area contributed by atoms with Crippen molar-refractivity contribution in [1.82, 2.24) is 9.97 Å². The fraction of sp³-hybridized carbons (Fsp3) is 0. The smallest absolute Gasteiger partial charge is 0.271 e. The number of primary amides is 1. The SMILES string of the molecule is N#Cc1cnc(N)c(C(N)=O)n1. The molecule has 0 fully saturated rings. The molecular formula is C6H5N5O. The summed E-state index contributed by atoms with van der Waals surface area (Å²) in [6.45, 7) is 0. The second kappa shape index (κ2) is 2.84. The van der Waals surface area contributed by atoms with Crippen LogP contribution < -0.4 is 11.5 Å². The number of nitrogens with two attached hydrogens (primary N) is 2. The zero-order chi connectivity index (χ0) is 9.14. The Morgan fingerprint density at radius 1 is 1.67 bits per heavy atom. The van der Waals surface area contributed by atoms with Crippen LogP contribution in [0.2, 0.25) is 0 Å². The number of anilines is 1. The van der Waals surface area contributed by atoms with Gasteiger partial charge >= 0.3 is 0 Å². The predicted octanol–water partition coefficient (Wildman–Crippen LogP) is -0.971. The number of rotatable bonds is 1. The lowest BCUT2D eigenvalue weighted by Crippen LogP contribution is -2.17. The van der Waals surface area contributed by atoms with Crippen molar-refractivity contribution < 1.29 is 4.79 Å². The summed E-state index contributed by atoms with van der Waals surface area (Å²) in [5.41, 5.74) is 10.0. The normalized spacial score (nSPS) is 8.92. The molecule has 0 saturated carbocycles. The number of nitrogen functional groups attached to an aromatic ring is 1. The van der Waals surface area contributed by atoms with Gasteiger partial charge in [0.1, 0.15) is 6.07 Å². The molecule has 4 N–H and O–H groups in total. The first-order valence-corrected chi connectivity index (χ1v) is 2.97. The van der Waals surface area contributed by atoms with Gasteiger partial charge in [0, 0.05) is 0 Å². The van der Waals surface area contributed by atoms with Crippen LogP contribution in [0.4, 0.5) is 5.82 Å². The minimum atomic E-state index is -0.794. The van der Waals surface area contributed by atoms with Crippen molar-refractivity contribution in [3.05, 3.63) is 17.6 Å². The highest BCUT2D eigenvalue weighted by atomic mass is 16.1. The minimum absolute atomic E-state index is 0.0120. The molecule has 6 nitrogen and oxygen atoms in total. The Balaban J connectivity index is 3.28. The van der Waals surface area contributed by atoms with Gasteiger partial charge < -0.3 is 11.5 Å². The quantitative estimate of drug-likeness (QED) is 0.552. The third kappa shape index (κ3) is 1.29. The topological polar surface area (TPSA) is 119 Å². The first kappa shape index (κ1) is 7.94. The molecule has 1 amide bonds. The summed E-state index contributed by atoms with van der Waals surface area (Å²) < 4.78 is 0. The number of carbonyl (C=O) groups is 1. The van der Waals surface area contributed by atoms with Crippen molar-refractivity contribution in [2.75, 3.05) is 5.73 Å². The summed E-state index contributed by atoms with van der Waals surface area (Å²) >= 11 is 0. The number of nitrogens with zero attached hydrogens (tertiary/aromatic N) is 3. The number of hydrogen-bond donors (Lipinski definition) is 2. The monoisotopic (exact) mass is 163 g/mol. The third-order valence-corrected chi connectivity index (χ3v) is 1.15. The zero-order valence-electron chi connectivity index (χ0n) is 5.98. The summed E-state index contributed by atoms with van der Waals surface area (Å²) in [5.74, 6) is -0.862. The van der Waals surface area contributed by atoms with Crippen molar-refractivity contribution in [2.45, 2.75) is 0 Å². The lowest BCUT2D eigenvalue weighted by molar-refractivity contribution is 0.0996. The Kier molecular flexibility index (Phi) is 1.88. The standard InChI is InChI=1S/C6H5N5O/c7-1-3-2-10-5(8)4(11-3)6(9)12/h2H,(H2,8,10)(H2,9,12). The maximum absolute atomic E-state index is 10.6. The van der Waals surface area contributed by atoms with E-state index in [9.17, 15) is 4.79 Å². The van der Waals surface area contributed by atoms with E-state index in [1.54, 1.807) is 6.07 Å². The van der Waals surface area contributed by atoms with E-state index in [4.69, 9.17) is 16.7 Å². The molecule has 0 bridgehead atoms. The molecule has 1 rings (SSSR count). The van der Waals surface area contributed by atoms with Gasteiger partial charge in [-0.3, -0.25) is 4.79 Å². The second-order valence-electron chi connectivity index (χ2n) is 1.97. The molecule has 12 heavy (non-hydrogen) atoms. The highest BCUT2D eigenvalue weighted by molar-refractivity contribution is 5.94. The third-order valence-electron chi connectivity index (χ3n) is 1.15. The Bertz CT molecular complexity index is 367. The molecule has 0 saturated heterocycles. The van der Waals surface area contributed by atoms with Gasteiger partial charge in [-0.2, -0.15) is 5.26 Å². The van der Waals surface area contributed by atoms with Gasteiger partial charge in [-0.25, -0.2) is 9.97 Å². The zero-order valence-corrected chi connectivity index (χ0v) is 5.98. The molecule has 1 aromatic rings. The van der Waals surface area contributed by atoms with Crippen LogP contribution in [0.15, 0.2) is 6.20 Å². The largest absolute Gasteiger partial charge is 0.382 e. The first-order valence-electron chi connectivity index (χ1n) is 2.97. The van der Waals surface area contributed by atoms with Gasteiger partial charge in [0.2, 0.25) is 0 Å². The molecule has 0 aliphatic rings. The van der Waals surface area contributed by atoms with Crippen LogP contribution in [0.5, 0.6) is 0 Å². The highest BCUT2D eigenvalue weighted by Crippen LogP contribution is 2.03. The lowest BCUT2D eigenvalue weighted by Gasteiger charge is -1.97.